The SMILES string of the molecule is CC.CCC1=NC2CCC[C@H](C)[C@H](O)[C@@H](C)C(=O)C(C)(C)[C@@H](O)CC(=O)O[C@H](/C(C)=C/c3csc(C)n3)C[C@@H]2O1.[CH-]=CC=C[CH]=[W]. The molecule has 0 aliphatic carbocycles. The molecule has 3 rings (SSSR count). The van der Waals surface area contributed by atoms with Gasteiger partial charge in [-0.25, -0.2) is 9.98 Å². The number of cyclic esters (lactones) is 1. The number of aliphatic hydroxyl groups excluding tert-OH is 2. The molecule has 0 aromatic carbocycles. The van der Waals surface area contributed by atoms with Crippen molar-refractivity contribution in [2.45, 2.75) is 131 Å². The molecule has 0 radical (unpaired) electrons. The number of aromatic nitrogens is 1. The van der Waals surface area contributed by atoms with Gasteiger partial charge in [0.05, 0.1) is 40.8 Å². The van der Waals surface area contributed by atoms with Crippen LogP contribution in [0.3, 0.4) is 0 Å². The number of allylic oxidation sites excluding steroid dienone is 3. The molecule has 2 N–H and O–H groups in total. The van der Waals surface area contributed by atoms with Crippen molar-refractivity contribution in [3.63, 3.8) is 0 Å². The average molecular weight is 828 g/mol. The van der Waals surface area contributed by atoms with E-state index in [0.717, 1.165) is 35.5 Å². The Kier molecular flexibility index (Phi) is 19.2. The molecule has 1 aromatic rings. The van der Waals surface area contributed by atoms with Gasteiger partial charge in [-0.2, -0.15) is 0 Å². The summed E-state index contributed by atoms with van der Waals surface area (Å²) in [6.45, 7) is 21.7. The molecule has 1 fully saturated rings. The fourth-order valence-corrected chi connectivity index (χ4v) is 6.34. The fraction of sp³-hybridized carbons (Fsp3) is 0.639. The Morgan fingerprint density at radius 1 is 1.17 bits per heavy atom. The third-order valence-electron chi connectivity index (χ3n) is 8.37. The number of thiazole rings is 1. The van der Waals surface area contributed by atoms with Gasteiger partial charge < -0.3 is 19.7 Å². The van der Waals surface area contributed by atoms with Gasteiger partial charge >= 0.3 is 54.5 Å². The van der Waals surface area contributed by atoms with Crippen molar-refractivity contribution in [3.8, 4) is 0 Å². The third-order valence-corrected chi connectivity index (χ3v) is 9.72. The topological polar surface area (TPSA) is 118 Å². The molecule has 1 aromatic heterocycles. The number of hydrogen-bond acceptors (Lipinski definition) is 9. The van der Waals surface area contributed by atoms with Crippen LogP contribution in [0.15, 0.2) is 34.2 Å². The van der Waals surface area contributed by atoms with Crippen molar-refractivity contribution in [1.29, 1.82) is 0 Å². The van der Waals surface area contributed by atoms with Gasteiger partial charge in [0.25, 0.3) is 0 Å². The first kappa shape index (κ1) is 42.0. The summed E-state index contributed by atoms with van der Waals surface area (Å²) in [5.41, 5.74) is 0.404. The zero-order chi connectivity index (χ0) is 35.0. The summed E-state index contributed by atoms with van der Waals surface area (Å²) in [6.07, 6.45) is 7.29. The first-order valence-corrected chi connectivity index (χ1v) is 18.9. The second-order valence-electron chi connectivity index (χ2n) is 12.2. The molecule has 0 spiro atoms. The van der Waals surface area contributed by atoms with E-state index < -0.39 is 35.6 Å². The van der Waals surface area contributed by atoms with Crippen molar-refractivity contribution >= 4 is 39.5 Å². The van der Waals surface area contributed by atoms with Gasteiger partial charge in [0.15, 0.2) is 5.90 Å². The summed E-state index contributed by atoms with van der Waals surface area (Å²) in [5.74, 6) is -0.938. The quantitative estimate of drug-likeness (QED) is 0.191. The summed E-state index contributed by atoms with van der Waals surface area (Å²) in [4.78, 5) is 35.7. The minimum atomic E-state index is -1.25. The second kappa shape index (κ2) is 21.0. The van der Waals surface area contributed by atoms with E-state index in [2.05, 4.69) is 4.98 Å². The number of carbonyl (C=O) groups is 2. The van der Waals surface area contributed by atoms with Crippen molar-refractivity contribution in [2.75, 3.05) is 0 Å². The Bertz CT molecular complexity index is 1210. The van der Waals surface area contributed by atoms with Crippen molar-refractivity contribution in [2.24, 2.45) is 22.2 Å². The van der Waals surface area contributed by atoms with Crippen LogP contribution in [0.1, 0.15) is 105 Å². The van der Waals surface area contributed by atoms with Crippen molar-refractivity contribution in [3.05, 3.63) is 46.5 Å². The molecule has 8 nitrogen and oxygen atoms in total. The fourth-order valence-electron chi connectivity index (χ4n) is 5.44. The van der Waals surface area contributed by atoms with Crippen LogP contribution in [0, 0.1) is 30.8 Å². The number of carbonyl (C=O) groups excluding carboxylic acids is 2. The number of aliphatic hydroxyl groups is 2. The standard InChI is InChI=1S/C29H44N2O6S.C5H5.C2H6.W/c1-8-25-31-21-11-9-10-16(2)27(34)18(4)28(35)29(6,7)24(32)14-26(33)37-22(13-23(21)36-25)17(3)12-20-15-38-19(5)30-20;1-3-5-4-2;1-2;/h12,15-16,18,21-24,27,32,34H,8-11,13-14H2,1-7H3;1-5H;1-2H3;/q;-1;;/b17-12+;;;/t16-,18+,21?,22-,23-,24-,27-;;;/m0.../s1. The molecule has 1 unspecified atom stereocenters. The number of nitrogens with zero attached hydrogens (tertiary/aromatic N) is 2. The van der Waals surface area contributed by atoms with E-state index in [9.17, 15) is 19.8 Å². The minimum absolute atomic E-state index is 0.0821. The number of Topliss-reactive ketones (excluding diaryl/α,β-unsaturated/α-hetero) is 1. The van der Waals surface area contributed by atoms with E-state index in [-0.39, 0.29) is 30.3 Å². The first-order valence-electron chi connectivity index (χ1n) is 16.3. The molecule has 3 heterocycles. The van der Waals surface area contributed by atoms with E-state index in [1.165, 1.54) is 25.4 Å². The summed E-state index contributed by atoms with van der Waals surface area (Å²) < 4.78 is 14.2. The van der Waals surface area contributed by atoms with Gasteiger partial charge in [0.1, 0.15) is 18.0 Å². The molecule has 258 valence electrons. The number of rotatable bonds is 5. The Hall–Kier alpha value is -2.06. The van der Waals surface area contributed by atoms with Crippen molar-refractivity contribution in [1.82, 2.24) is 4.98 Å². The Balaban J connectivity index is 0.00000118. The van der Waals surface area contributed by atoms with Crippen LogP contribution in [-0.2, 0) is 38.4 Å². The van der Waals surface area contributed by atoms with E-state index in [1.54, 1.807) is 38.2 Å². The maximum absolute atomic E-state index is 13.3. The number of aryl methyl sites for hydroxylation is 1. The summed E-state index contributed by atoms with van der Waals surface area (Å²) >= 11 is 3.00. The number of ketones is 1. The van der Waals surface area contributed by atoms with Crippen LogP contribution in [-0.4, -0.2) is 67.7 Å². The molecule has 10 heteroatoms. The molecule has 0 saturated carbocycles. The number of esters is 1. The van der Waals surface area contributed by atoms with Gasteiger partial charge in [0.2, 0.25) is 0 Å². The van der Waals surface area contributed by atoms with Gasteiger partial charge in [-0.15, -0.1) is 11.3 Å². The molecular weight excluding hydrogens is 772 g/mol. The maximum atomic E-state index is 13.3. The molecule has 0 bridgehead atoms. The first-order chi connectivity index (χ1) is 21.7. The average Bonchev–Trinajstić information content (AvgIpc) is 3.63. The van der Waals surface area contributed by atoms with E-state index in [4.69, 9.17) is 21.0 Å². The summed E-state index contributed by atoms with van der Waals surface area (Å²) in [5, 5.41) is 24.8. The predicted octanol–water partition coefficient (Wildman–Crippen LogP) is 6.80. The molecule has 1 saturated heterocycles. The van der Waals surface area contributed by atoms with E-state index in [1.807, 2.05) is 63.5 Å². The summed E-state index contributed by atoms with van der Waals surface area (Å²) in [7, 11) is 0. The van der Waals surface area contributed by atoms with Crippen molar-refractivity contribution < 1.29 is 48.6 Å². The van der Waals surface area contributed by atoms with Gasteiger partial charge in [-0.1, -0.05) is 54.9 Å². The zero-order valence-corrected chi connectivity index (χ0v) is 32.8. The van der Waals surface area contributed by atoms with Crippen LogP contribution in [0.5, 0.6) is 0 Å². The summed E-state index contributed by atoms with van der Waals surface area (Å²) in [6, 6.07) is -0.0821. The number of aliphatic imine (C=N–C) groups is 1. The Labute approximate surface area is 291 Å². The third kappa shape index (κ3) is 12.9. The van der Waals surface area contributed by atoms with E-state index in [0.29, 0.717) is 18.7 Å². The molecule has 7 atom stereocenters. The monoisotopic (exact) mass is 827 g/mol. The Morgan fingerprint density at radius 2 is 1.85 bits per heavy atom. The van der Waals surface area contributed by atoms with Gasteiger partial charge in [-0.3, -0.25) is 9.59 Å². The zero-order valence-electron chi connectivity index (χ0n) is 29.1. The molecular formula is C36H55N2O6SW-. The van der Waals surface area contributed by atoms with Crippen LogP contribution in [0.4, 0.5) is 0 Å². The van der Waals surface area contributed by atoms with Gasteiger partial charge in [0, 0.05) is 24.1 Å². The molecule has 2 aliphatic heterocycles. The Morgan fingerprint density at radius 3 is 2.39 bits per heavy atom. The van der Waals surface area contributed by atoms with E-state index >= 15 is 0 Å². The molecule has 0 amide bonds. The molecule has 2 aliphatic rings. The number of ether oxygens (including phenoxy) is 2. The van der Waals surface area contributed by atoms with Crippen LogP contribution in [0.2, 0.25) is 0 Å². The predicted molar refractivity (Wildman–Crippen MR) is 184 cm³/mol. The normalized spacial score (nSPS) is 29.2. The second-order valence-corrected chi connectivity index (χ2v) is 14.2. The van der Waals surface area contributed by atoms with Crippen LogP contribution >= 0.6 is 11.3 Å². The van der Waals surface area contributed by atoms with Gasteiger partial charge in [-0.05, 0) is 44.3 Å². The van der Waals surface area contributed by atoms with Crippen LogP contribution in [0.25, 0.3) is 6.08 Å². The number of fused-ring (bicyclic) bond motifs is 1. The number of hydrogen-bond donors (Lipinski definition) is 2. The van der Waals surface area contributed by atoms with Crippen LogP contribution < -0.4 is 0 Å². The molecule has 46 heavy (non-hydrogen) atoms.